The fourth-order valence-corrected chi connectivity index (χ4v) is 2.95. The monoisotopic (exact) mass is 290 g/mol. The molecule has 5 heteroatoms. The summed E-state index contributed by atoms with van der Waals surface area (Å²) in [6.07, 6.45) is 1.17. The van der Waals surface area contributed by atoms with Gasteiger partial charge in [0.25, 0.3) is 0 Å². The van der Waals surface area contributed by atoms with Crippen molar-refractivity contribution in [3.63, 3.8) is 0 Å². The molecular formula is C16H22N2O3. The number of nitrogens with one attached hydrogen (secondary N) is 1. The first-order valence-corrected chi connectivity index (χ1v) is 7.24. The van der Waals surface area contributed by atoms with Crippen LogP contribution in [-0.4, -0.2) is 60.6 Å². The number of hydrogen-bond donors (Lipinski definition) is 2. The van der Waals surface area contributed by atoms with Crippen molar-refractivity contribution < 1.29 is 14.6 Å². The number of aromatic nitrogens is 1. The highest BCUT2D eigenvalue weighted by atomic mass is 16.5. The first-order chi connectivity index (χ1) is 10.2. The number of benzene rings is 1. The number of aliphatic hydroxyl groups excluding tert-OH is 1. The molecule has 1 aliphatic heterocycles. The molecule has 0 spiro atoms. The SMILES string of the molecule is CO[C@@H]1COC[C@@H](N(C)Cc2ccc3[nH]ccc3c2)[C@@H]1O. The lowest BCUT2D eigenvalue weighted by Crippen LogP contribution is -2.55. The van der Waals surface area contributed by atoms with Crippen molar-refractivity contribution in [1.82, 2.24) is 9.88 Å². The average Bonchev–Trinajstić information content (AvgIpc) is 2.95. The maximum Gasteiger partial charge on any atom is 0.108 e. The molecule has 2 N–H and O–H groups in total. The van der Waals surface area contributed by atoms with E-state index in [1.165, 1.54) is 10.9 Å². The Hall–Kier alpha value is -1.40. The Balaban J connectivity index is 1.71. The summed E-state index contributed by atoms with van der Waals surface area (Å²) in [6.45, 7) is 1.75. The van der Waals surface area contributed by atoms with Crippen LogP contribution in [0.4, 0.5) is 0 Å². The minimum absolute atomic E-state index is 0.0504. The van der Waals surface area contributed by atoms with E-state index in [1.807, 2.05) is 13.2 Å². The summed E-state index contributed by atoms with van der Waals surface area (Å²) < 4.78 is 10.8. The molecule has 0 unspecified atom stereocenters. The van der Waals surface area contributed by atoms with Crippen molar-refractivity contribution in [3.05, 3.63) is 36.0 Å². The summed E-state index contributed by atoms with van der Waals surface area (Å²) in [5, 5.41) is 11.6. The van der Waals surface area contributed by atoms with E-state index in [2.05, 4.69) is 34.1 Å². The van der Waals surface area contributed by atoms with Crippen molar-refractivity contribution in [2.45, 2.75) is 24.8 Å². The van der Waals surface area contributed by atoms with Crippen LogP contribution in [0.1, 0.15) is 5.56 Å². The summed E-state index contributed by atoms with van der Waals surface area (Å²) >= 11 is 0. The van der Waals surface area contributed by atoms with E-state index in [1.54, 1.807) is 7.11 Å². The highest BCUT2D eigenvalue weighted by Gasteiger charge is 2.35. The van der Waals surface area contributed by atoms with Crippen LogP contribution < -0.4 is 0 Å². The first kappa shape index (κ1) is 14.5. The van der Waals surface area contributed by atoms with Gasteiger partial charge in [-0.15, -0.1) is 0 Å². The Bertz CT molecular complexity index is 598. The summed E-state index contributed by atoms with van der Waals surface area (Å²) in [5.74, 6) is 0. The predicted molar refractivity (Wildman–Crippen MR) is 81.2 cm³/mol. The molecule has 0 aliphatic carbocycles. The number of nitrogens with zero attached hydrogens (tertiary/aromatic N) is 1. The second kappa shape index (κ2) is 6.15. The van der Waals surface area contributed by atoms with Crippen molar-refractivity contribution in [1.29, 1.82) is 0 Å². The maximum atomic E-state index is 10.4. The highest BCUT2D eigenvalue weighted by molar-refractivity contribution is 5.79. The molecule has 1 saturated heterocycles. The molecule has 0 amide bonds. The topological polar surface area (TPSA) is 57.7 Å². The van der Waals surface area contributed by atoms with Crippen LogP contribution in [0.3, 0.4) is 0 Å². The van der Waals surface area contributed by atoms with Crippen LogP contribution in [0.5, 0.6) is 0 Å². The van der Waals surface area contributed by atoms with Crippen molar-refractivity contribution in [3.8, 4) is 0 Å². The number of likely N-dealkylation sites (N-methyl/N-ethyl adjacent to an activating group) is 1. The molecule has 1 fully saturated rings. The van der Waals surface area contributed by atoms with Crippen LogP contribution >= 0.6 is 0 Å². The number of H-pyrrole nitrogens is 1. The van der Waals surface area contributed by atoms with E-state index in [0.717, 1.165) is 12.1 Å². The van der Waals surface area contributed by atoms with Crippen molar-refractivity contribution in [2.24, 2.45) is 0 Å². The lowest BCUT2D eigenvalue weighted by atomic mass is 10.0. The first-order valence-electron chi connectivity index (χ1n) is 7.24. The van der Waals surface area contributed by atoms with E-state index in [-0.39, 0.29) is 12.1 Å². The normalized spacial score (nSPS) is 26.6. The molecule has 0 radical (unpaired) electrons. The number of ether oxygens (including phenoxy) is 2. The van der Waals surface area contributed by atoms with Crippen LogP contribution in [0.25, 0.3) is 10.9 Å². The van der Waals surface area contributed by atoms with Gasteiger partial charge in [0.15, 0.2) is 0 Å². The molecule has 3 atom stereocenters. The number of aromatic amines is 1. The number of rotatable bonds is 4. The zero-order chi connectivity index (χ0) is 14.8. The molecule has 21 heavy (non-hydrogen) atoms. The van der Waals surface area contributed by atoms with Gasteiger partial charge in [0.1, 0.15) is 12.2 Å². The van der Waals surface area contributed by atoms with Crippen molar-refractivity contribution in [2.75, 3.05) is 27.4 Å². The molecule has 0 bridgehead atoms. The van der Waals surface area contributed by atoms with Gasteiger partial charge >= 0.3 is 0 Å². The quantitative estimate of drug-likeness (QED) is 0.893. The Kier molecular flexibility index (Phi) is 4.26. The molecule has 5 nitrogen and oxygen atoms in total. The largest absolute Gasteiger partial charge is 0.389 e. The predicted octanol–water partition coefficient (Wildman–Crippen LogP) is 1.37. The summed E-state index contributed by atoms with van der Waals surface area (Å²) in [5.41, 5.74) is 2.36. The second-order valence-electron chi connectivity index (χ2n) is 5.68. The fourth-order valence-electron chi connectivity index (χ4n) is 2.95. The number of fused-ring (bicyclic) bond motifs is 1. The molecule has 1 aromatic heterocycles. The second-order valence-corrected chi connectivity index (χ2v) is 5.68. The number of hydrogen-bond acceptors (Lipinski definition) is 4. The third-order valence-electron chi connectivity index (χ3n) is 4.26. The van der Waals surface area contributed by atoms with Gasteiger partial charge in [-0.05, 0) is 36.2 Å². The van der Waals surface area contributed by atoms with Crippen LogP contribution in [0.15, 0.2) is 30.5 Å². The zero-order valence-electron chi connectivity index (χ0n) is 12.5. The molecular weight excluding hydrogens is 268 g/mol. The molecule has 1 aromatic carbocycles. The minimum Gasteiger partial charge on any atom is -0.389 e. The van der Waals surface area contributed by atoms with Gasteiger partial charge in [-0.1, -0.05) is 6.07 Å². The Labute approximate surface area is 124 Å². The van der Waals surface area contributed by atoms with Gasteiger partial charge in [0.05, 0.1) is 19.3 Å². The van der Waals surface area contributed by atoms with Crippen molar-refractivity contribution >= 4 is 10.9 Å². The van der Waals surface area contributed by atoms with Gasteiger partial charge in [-0.3, -0.25) is 4.90 Å². The van der Waals surface area contributed by atoms with Crippen LogP contribution in [0.2, 0.25) is 0 Å². The van der Waals surface area contributed by atoms with Gasteiger partial charge < -0.3 is 19.6 Å². The van der Waals surface area contributed by atoms with Crippen LogP contribution in [0, 0.1) is 0 Å². The van der Waals surface area contributed by atoms with Crippen LogP contribution in [-0.2, 0) is 16.0 Å². The smallest absolute Gasteiger partial charge is 0.108 e. The third kappa shape index (κ3) is 2.96. The molecule has 2 heterocycles. The fraction of sp³-hybridized carbons (Fsp3) is 0.500. The Morgan fingerprint density at radius 2 is 2.24 bits per heavy atom. The van der Waals surface area contributed by atoms with Gasteiger partial charge in [-0.25, -0.2) is 0 Å². The van der Waals surface area contributed by atoms with Gasteiger partial charge in [0.2, 0.25) is 0 Å². The molecule has 114 valence electrons. The van der Waals surface area contributed by atoms with E-state index >= 15 is 0 Å². The highest BCUT2D eigenvalue weighted by Crippen LogP contribution is 2.20. The zero-order valence-corrected chi connectivity index (χ0v) is 12.5. The van der Waals surface area contributed by atoms with Gasteiger partial charge in [0, 0.05) is 25.4 Å². The minimum atomic E-state index is -0.523. The average molecular weight is 290 g/mol. The molecule has 0 saturated carbocycles. The molecule has 3 rings (SSSR count). The number of methoxy groups -OCH3 is 1. The molecule has 1 aliphatic rings. The summed E-state index contributed by atoms with van der Waals surface area (Å²) in [4.78, 5) is 5.32. The standard InChI is InChI=1S/C16H22N2O3/c1-18(14-9-21-10-15(20-2)16(14)19)8-11-3-4-13-12(7-11)5-6-17-13/h3-7,14-17,19H,8-10H2,1-2H3/t14-,15-,16+/m1/s1. The Morgan fingerprint density at radius 3 is 3.05 bits per heavy atom. The molecule has 2 aromatic rings. The van der Waals surface area contributed by atoms with E-state index < -0.39 is 6.10 Å². The number of aliphatic hydroxyl groups is 1. The third-order valence-corrected chi connectivity index (χ3v) is 4.26. The summed E-state index contributed by atoms with van der Waals surface area (Å²) in [6, 6.07) is 8.39. The lowest BCUT2D eigenvalue weighted by molar-refractivity contribution is -0.142. The van der Waals surface area contributed by atoms with E-state index in [9.17, 15) is 5.11 Å². The summed E-state index contributed by atoms with van der Waals surface area (Å²) in [7, 11) is 3.62. The Morgan fingerprint density at radius 1 is 1.38 bits per heavy atom. The van der Waals surface area contributed by atoms with E-state index in [4.69, 9.17) is 9.47 Å². The van der Waals surface area contributed by atoms with E-state index in [0.29, 0.717) is 13.2 Å². The van der Waals surface area contributed by atoms with Gasteiger partial charge in [-0.2, -0.15) is 0 Å². The lowest BCUT2D eigenvalue weighted by Gasteiger charge is -2.39. The maximum absolute atomic E-state index is 10.4.